The summed E-state index contributed by atoms with van der Waals surface area (Å²) in [4.78, 5) is 6.36. The summed E-state index contributed by atoms with van der Waals surface area (Å²) in [5.74, 6) is 0. The van der Waals surface area contributed by atoms with E-state index in [1.807, 2.05) is 37.4 Å². The molecule has 96 valence electrons. The van der Waals surface area contributed by atoms with Gasteiger partial charge in [0.25, 0.3) is 0 Å². The second-order valence-electron chi connectivity index (χ2n) is 4.79. The van der Waals surface area contributed by atoms with E-state index in [1.165, 1.54) is 11.1 Å². The van der Waals surface area contributed by atoms with Gasteiger partial charge in [-0.1, -0.05) is 12.1 Å². The first kappa shape index (κ1) is 13.3. The standard InChI is InChI=1S/C16H17N3/c1-13-8-14(9-17)5-6-16(13)12-19(2)11-15-4-3-7-18-10-15/h3-8,10H,11-12H2,1-2H3. The van der Waals surface area contributed by atoms with Crippen LogP contribution in [0.5, 0.6) is 0 Å². The molecule has 2 rings (SSSR count). The van der Waals surface area contributed by atoms with E-state index in [2.05, 4.69) is 29.1 Å². The fourth-order valence-corrected chi connectivity index (χ4v) is 2.09. The summed E-state index contributed by atoms with van der Waals surface area (Å²) in [6.07, 6.45) is 3.68. The van der Waals surface area contributed by atoms with Gasteiger partial charge in [0.2, 0.25) is 0 Å². The third kappa shape index (κ3) is 3.64. The van der Waals surface area contributed by atoms with Crippen molar-refractivity contribution in [1.82, 2.24) is 9.88 Å². The van der Waals surface area contributed by atoms with Gasteiger partial charge in [0.1, 0.15) is 0 Å². The predicted octanol–water partition coefficient (Wildman–Crippen LogP) is 2.89. The predicted molar refractivity (Wildman–Crippen MR) is 75.3 cm³/mol. The highest BCUT2D eigenvalue weighted by atomic mass is 15.1. The van der Waals surface area contributed by atoms with Gasteiger partial charge in [-0.2, -0.15) is 5.26 Å². The Balaban J connectivity index is 2.03. The maximum atomic E-state index is 8.86. The summed E-state index contributed by atoms with van der Waals surface area (Å²) in [6.45, 7) is 3.79. The van der Waals surface area contributed by atoms with Crippen LogP contribution in [0.1, 0.15) is 22.3 Å². The molecule has 0 amide bonds. The summed E-state index contributed by atoms with van der Waals surface area (Å²) in [6, 6.07) is 12.0. The minimum absolute atomic E-state index is 0.719. The van der Waals surface area contributed by atoms with Gasteiger partial charge in [-0.15, -0.1) is 0 Å². The van der Waals surface area contributed by atoms with Crippen molar-refractivity contribution in [3.05, 3.63) is 65.0 Å². The van der Waals surface area contributed by atoms with E-state index in [0.717, 1.165) is 24.2 Å². The molecule has 0 aliphatic rings. The molecule has 0 saturated carbocycles. The topological polar surface area (TPSA) is 39.9 Å². The second kappa shape index (κ2) is 6.12. The van der Waals surface area contributed by atoms with Crippen molar-refractivity contribution >= 4 is 0 Å². The Hall–Kier alpha value is -2.18. The van der Waals surface area contributed by atoms with Gasteiger partial charge >= 0.3 is 0 Å². The van der Waals surface area contributed by atoms with Crippen LogP contribution >= 0.6 is 0 Å². The molecule has 3 nitrogen and oxygen atoms in total. The van der Waals surface area contributed by atoms with Crippen LogP contribution in [0, 0.1) is 18.3 Å². The molecule has 2 aromatic rings. The molecule has 0 aliphatic heterocycles. The van der Waals surface area contributed by atoms with Crippen molar-refractivity contribution in [3.8, 4) is 6.07 Å². The summed E-state index contributed by atoms with van der Waals surface area (Å²) in [5.41, 5.74) is 4.34. The highest BCUT2D eigenvalue weighted by molar-refractivity contribution is 5.37. The Bertz CT molecular complexity index is 585. The molecular weight excluding hydrogens is 234 g/mol. The van der Waals surface area contributed by atoms with E-state index in [-0.39, 0.29) is 0 Å². The van der Waals surface area contributed by atoms with Crippen LogP contribution in [0.2, 0.25) is 0 Å². The van der Waals surface area contributed by atoms with Gasteiger partial charge in [0, 0.05) is 25.5 Å². The molecule has 0 unspecified atom stereocenters. The van der Waals surface area contributed by atoms with Crippen molar-refractivity contribution in [3.63, 3.8) is 0 Å². The van der Waals surface area contributed by atoms with Crippen LogP contribution < -0.4 is 0 Å². The molecule has 0 N–H and O–H groups in total. The quantitative estimate of drug-likeness (QED) is 0.838. The van der Waals surface area contributed by atoms with E-state index in [4.69, 9.17) is 5.26 Å². The molecule has 0 spiro atoms. The minimum atomic E-state index is 0.719. The van der Waals surface area contributed by atoms with Crippen molar-refractivity contribution in [2.75, 3.05) is 7.05 Å². The van der Waals surface area contributed by atoms with Crippen molar-refractivity contribution < 1.29 is 0 Å². The molecule has 0 aliphatic carbocycles. The smallest absolute Gasteiger partial charge is 0.0991 e. The van der Waals surface area contributed by atoms with Crippen molar-refractivity contribution in [2.24, 2.45) is 0 Å². The Kier molecular flexibility index (Phi) is 4.27. The number of aryl methyl sites for hydroxylation is 1. The molecular formula is C16H17N3. The average Bonchev–Trinajstić information content (AvgIpc) is 2.42. The number of rotatable bonds is 4. The van der Waals surface area contributed by atoms with Gasteiger partial charge < -0.3 is 0 Å². The lowest BCUT2D eigenvalue weighted by atomic mass is 10.1. The molecule has 0 saturated heterocycles. The van der Waals surface area contributed by atoms with Crippen LogP contribution in [0.15, 0.2) is 42.7 Å². The van der Waals surface area contributed by atoms with Crippen LogP contribution in [0.4, 0.5) is 0 Å². The second-order valence-corrected chi connectivity index (χ2v) is 4.79. The fraction of sp³-hybridized carbons (Fsp3) is 0.250. The van der Waals surface area contributed by atoms with E-state index in [1.54, 1.807) is 6.20 Å². The summed E-state index contributed by atoms with van der Waals surface area (Å²) in [5, 5.41) is 8.86. The van der Waals surface area contributed by atoms with Crippen LogP contribution in [0.3, 0.4) is 0 Å². The molecule has 1 heterocycles. The molecule has 1 aromatic heterocycles. The molecule has 3 heteroatoms. The molecule has 0 bridgehead atoms. The number of aromatic nitrogens is 1. The summed E-state index contributed by atoms with van der Waals surface area (Å²) in [7, 11) is 2.09. The maximum absolute atomic E-state index is 8.86. The number of hydrogen-bond donors (Lipinski definition) is 0. The number of benzene rings is 1. The number of hydrogen-bond acceptors (Lipinski definition) is 3. The first-order valence-electron chi connectivity index (χ1n) is 6.26. The van der Waals surface area contributed by atoms with Gasteiger partial charge in [-0.25, -0.2) is 0 Å². The van der Waals surface area contributed by atoms with Crippen LogP contribution in [-0.2, 0) is 13.1 Å². The van der Waals surface area contributed by atoms with E-state index < -0.39 is 0 Å². The third-order valence-electron chi connectivity index (χ3n) is 3.09. The molecule has 19 heavy (non-hydrogen) atoms. The van der Waals surface area contributed by atoms with Crippen molar-refractivity contribution in [2.45, 2.75) is 20.0 Å². The zero-order valence-electron chi connectivity index (χ0n) is 11.3. The van der Waals surface area contributed by atoms with Gasteiger partial charge in [-0.05, 0) is 48.9 Å². The van der Waals surface area contributed by atoms with Crippen molar-refractivity contribution in [1.29, 1.82) is 5.26 Å². The van der Waals surface area contributed by atoms with E-state index >= 15 is 0 Å². The zero-order chi connectivity index (χ0) is 13.7. The molecule has 0 radical (unpaired) electrons. The first-order valence-corrected chi connectivity index (χ1v) is 6.26. The van der Waals surface area contributed by atoms with Crippen LogP contribution in [-0.4, -0.2) is 16.9 Å². The van der Waals surface area contributed by atoms with E-state index in [9.17, 15) is 0 Å². The Labute approximate surface area is 114 Å². The number of nitrogens with zero attached hydrogens (tertiary/aromatic N) is 3. The lowest BCUT2D eigenvalue weighted by Gasteiger charge is -2.18. The maximum Gasteiger partial charge on any atom is 0.0991 e. The normalized spacial score (nSPS) is 10.4. The highest BCUT2D eigenvalue weighted by Gasteiger charge is 2.05. The monoisotopic (exact) mass is 251 g/mol. The Morgan fingerprint density at radius 2 is 2.11 bits per heavy atom. The Morgan fingerprint density at radius 1 is 1.26 bits per heavy atom. The van der Waals surface area contributed by atoms with Gasteiger partial charge in [0.15, 0.2) is 0 Å². The Morgan fingerprint density at radius 3 is 2.74 bits per heavy atom. The van der Waals surface area contributed by atoms with Gasteiger partial charge in [0.05, 0.1) is 11.6 Å². The molecule has 1 aromatic carbocycles. The summed E-state index contributed by atoms with van der Waals surface area (Å²) >= 11 is 0. The lowest BCUT2D eigenvalue weighted by Crippen LogP contribution is -2.17. The van der Waals surface area contributed by atoms with Gasteiger partial charge in [-0.3, -0.25) is 9.88 Å². The van der Waals surface area contributed by atoms with Crippen LogP contribution in [0.25, 0.3) is 0 Å². The largest absolute Gasteiger partial charge is 0.298 e. The SMILES string of the molecule is Cc1cc(C#N)ccc1CN(C)Cc1cccnc1. The highest BCUT2D eigenvalue weighted by Crippen LogP contribution is 2.13. The number of pyridine rings is 1. The number of nitriles is 1. The third-order valence-corrected chi connectivity index (χ3v) is 3.09. The summed E-state index contributed by atoms with van der Waals surface area (Å²) < 4.78 is 0. The average molecular weight is 251 g/mol. The van der Waals surface area contributed by atoms with E-state index in [0.29, 0.717) is 0 Å². The zero-order valence-corrected chi connectivity index (χ0v) is 11.3. The fourth-order valence-electron chi connectivity index (χ4n) is 2.09. The molecule has 0 atom stereocenters. The minimum Gasteiger partial charge on any atom is -0.298 e. The lowest BCUT2D eigenvalue weighted by molar-refractivity contribution is 0.318. The first-order chi connectivity index (χ1) is 9.19. The molecule has 0 fully saturated rings.